The quantitative estimate of drug-likeness (QED) is 0.872. The standard InChI is InChI=1S/C16H22N4O3/c1-4-13-18-9(2)15(23-13)16(22)19-14(10-5-12(21)6-10)11-7-17-20(3)8-11/h7-8,10,12,14,21H,4-6H2,1-3H3,(H,19,22)/t10?,12?,14-/m1/s1. The van der Waals surface area contributed by atoms with Crippen LogP contribution in [0.25, 0.3) is 0 Å². The Morgan fingerprint density at radius 1 is 1.57 bits per heavy atom. The van der Waals surface area contributed by atoms with Crippen LogP contribution in [0.4, 0.5) is 0 Å². The summed E-state index contributed by atoms with van der Waals surface area (Å²) in [7, 11) is 1.84. The van der Waals surface area contributed by atoms with Gasteiger partial charge in [-0.3, -0.25) is 9.48 Å². The Morgan fingerprint density at radius 2 is 2.30 bits per heavy atom. The summed E-state index contributed by atoms with van der Waals surface area (Å²) in [4.78, 5) is 16.8. The lowest BCUT2D eigenvalue weighted by Gasteiger charge is -2.37. The lowest BCUT2D eigenvalue weighted by molar-refractivity contribution is 0.0232. The molecule has 7 heteroatoms. The predicted octanol–water partition coefficient (Wildman–Crippen LogP) is 1.52. The van der Waals surface area contributed by atoms with Crippen LogP contribution >= 0.6 is 0 Å². The van der Waals surface area contributed by atoms with Gasteiger partial charge in [0.1, 0.15) is 0 Å². The summed E-state index contributed by atoms with van der Waals surface area (Å²) in [5.74, 6) is 0.747. The average molecular weight is 318 g/mol. The van der Waals surface area contributed by atoms with Crippen molar-refractivity contribution in [2.45, 2.75) is 45.3 Å². The molecular weight excluding hydrogens is 296 g/mol. The van der Waals surface area contributed by atoms with Gasteiger partial charge in [0.25, 0.3) is 5.91 Å². The molecule has 1 aliphatic carbocycles. The second-order valence-corrected chi connectivity index (χ2v) is 6.16. The van der Waals surface area contributed by atoms with Crippen molar-refractivity contribution in [1.82, 2.24) is 20.1 Å². The number of aliphatic hydroxyl groups excluding tert-OH is 1. The van der Waals surface area contributed by atoms with Crippen LogP contribution in [0, 0.1) is 12.8 Å². The van der Waals surface area contributed by atoms with Gasteiger partial charge in [-0.15, -0.1) is 0 Å². The molecule has 2 heterocycles. The molecule has 124 valence electrons. The lowest BCUT2D eigenvalue weighted by Crippen LogP contribution is -2.41. The fourth-order valence-electron chi connectivity index (χ4n) is 3.00. The van der Waals surface area contributed by atoms with Crippen molar-refractivity contribution in [3.05, 3.63) is 35.3 Å². The topological polar surface area (TPSA) is 93.2 Å². The van der Waals surface area contributed by atoms with Crippen LogP contribution in [-0.2, 0) is 13.5 Å². The number of aliphatic hydroxyl groups is 1. The van der Waals surface area contributed by atoms with Crippen molar-refractivity contribution in [2.75, 3.05) is 0 Å². The maximum absolute atomic E-state index is 12.6. The van der Waals surface area contributed by atoms with Crippen molar-refractivity contribution in [1.29, 1.82) is 0 Å². The first-order valence-corrected chi connectivity index (χ1v) is 7.91. The van der Waals surface area contributed by atoms with Gasteiger partial charge < -0.3 is 14.8 Å². The van der Waals surface area contributed by atoms with E-state index in [1.54, 1.807) is 17.8 Å². The third-order valence-electron chi connectivity index (χ3n) is 4.34. The summed E-state index contributed by atoms with van der Waals surface area (Å²) in [5.41, 5.74) is 1.53. The van der Waals surface area contributed by atoms with Crippen LogP contribution in [0.2, 0.25) is 0 Å². The molecule has 1 atom stereocenters. The van der Waals surface area contributed by atoms with E-state index in [0.29, 0.717) is 30.8 Å². The molecule has 1 fully saturated rings. The van der Waals surface area contributed by atoms with Crippen LogP contribution in [0.1, 0.15) is 53.5 Å². The molecule has 1 aliphatic rings. The van der Waals surface area contributed by atoms with E-state index in [-0.39, 0.29) is 29.7 Å². The van der Waals surface area contributed by atoms with Gasteiger partial charge in [-0.2, -0.15) is 5.10 Å². The molecule has 0 aromatic carbocycles. The molecule has 0 radical (unpaired) electrons. The SMILES string of the molecule is CCc1nc(C)c(C(=O)N[C@@H](c2cnn(C)c2)C2CC(O)C2)o1. The maximum atomic E-state index is 12.6. The molecule has 2 aromatic rings. The van der Waals surface area contributed by atoms with Crippen molar-refractivity contribution in [3.63, 3.8) is 0 Å². The van der Waals surface area contributed by atoms with Gasteiger partial charge in [0.05, 0.1) is 24.0 Å². The van der Waals surface area contributed by atoms with Gasteiger partial charge in [0.15, 0.2) is 5.89 Å². The number of carbonyl (C=O) groups is 1. The molecule has 3 rings (SSSR count). The molecular formula is C16H22N4O3. The predicted molar refractivity (Wildman–Crippen MR) is 82.8 cm³/mol. The Morgan fingerprint density at radius 3 is 2.83 bits per heavy atom. The van der Waals surface area contributed by atoms with Crippen LogP contribution < -0.4 is 5.32 Å². The summed E-state index contributed by atoms with van der Waals surface area (Å²) in [5, 5.41) is 16.8. The van der Waals surface area contributed by atoms with Gasteiger partial charge in [-0.25, -0.2) is 4.98 Å². The molecule has 7 nitrogen and oxygen atoms in total. The van der Waals surface area contributed by atoms with Gasteiger partial charge in [-0.05, 0) is 25.7 Å². The highest BCUT2D eigenvalue weighted by Crippen LogP contribution is 2.38. The molecule has 0 bridgehead atoms. The minimum Gasteiger partial charge on any atom is -0.435 e. The van der Waals surface area contributed by atoms with Crippen LogP contribution in [0.5, 0.6) is 0 Å². The number of oxazole rings is 1. The van der Waals surface area contributed by atoms with Gasteiger partial charge in [0.2, 0.25) is 5.76 Å². The van der Waals surface area contributed by atoms with Crippen molar-refractivity contribution >= 4 is 5.91 Å². The molecule has 1 amide bonds. The molecule has 2 N–H and O–H groups in total. The Bertz CT molecular complexity index is 700. The van der Waals surface area contributed by atoms with Crippen molar-refractivity contribution < 1.29 is 14.3 Å². The number of aryl methyl sites for hydroxylation is 3. The highest BCUT2D eigenvalue weighted by Gasteiger charge is 2.37. The summed E-state index contributed by atoms with van der Waals surface area (Å²) < 4.78 is 7.23. The molecule has 0 unspecified atom stereocenters. The van der Waals surface area contributed by atoms with Crippen LogP contribution in [-0.4, -0.2) is 31.9 Å². The smallest absolute Gasteiger partial charge is 0.289 e. The maximum Gasteiger partial charge on any atom is 0.289 e. The summed E-state index contributed by atoms with van der Waals surface area (Å²) in [6.07, 6.45) is 5.36. The summed E-state index contributed by atoms with van der Waals surface area (Å²) in [6, 6.07) is -0.186. The van der Waals surface area contributed by atoms with E-state index in [1.165, 1.54) is 0 Å². The van der Waals surface area contributed by atoms with E-state index < -0.39 is 0 Å². The lowest BCUT2D eigenvalue weighted by atomic mass is 9.75. The number of nitrogens with zero attached hydrogens (tertiary/aromatic N) is 3. The average Bonchev–Trinajstić information content (AvgIpc) is 3.07. The Balaban J connectivity index is 1.80. The van der Waals surface area contributed by atoms with Gasteiger partial charge >= 0.3 is 0 Å². The third-order valence-corrected chi connectivity index (χ3v) is 4.34. The number of aromatic nitrogens is 3. The number of amides is 1. The minimum atomic E-state index is -0.283. The molecule has 0 spiro atoms. The largest absolute Gasteiger partial charge is 0.435 e. The molecule has 0 saturated heterocycles. The van der Waals surface area contributed by atoms with Gasteiger partial charge in [0, 0.05) is 25.2 Å². The summed E-state index contributed by atoms with van der Waals surface area (Å²) >= 11 is 0. The third kappa shape index (κ3) is 3.14. The molecule has 1 saturated carbocycles. The number of hydrogen-bond donors (Lipinski definition) is 2. The van der Waals surface area contributed by atoms with E-state index in [4.69, 9.17) is 4.42 Å². The minimum absolute atomic E-state index is 0.186. The number of rotatable bonds is 5. The van der Waals surface area contributed by atoms with E-state index in [2.05, 4.69) is 15.4 Å². The molecule has 2 aromatic heterocycles. The Kier molecular flexibility index (Phi) is 4.21. The number of carbonyl (C=O) groups excluding carboxylic acids is 1. The van der Waals surface area contributed by atoms with Gasteiger partial charge in [-0.1, -0.05) is 6.92 Å². The monoisotopic (exact) mass is 318 g/mol. The van der Waals surface area contributed by atoms with E-state index >= 15 is 0 Å². The van der Waals surface area contributed by atoms with Crippen molar-refractivity contribution in [2.24, 2.45) is 13.0 Å². The van der Waals surface area contributed by atoms with E-state index in [1.807, 2.05) is 20.2 Å². The number of nitrogens with one attached hydrogen (secondary N) is 1. The second kappa shape index (κ2) is 6.16. The van der Waals surface area contributed by atoms with E-state index in [9.17, 15) is 9.90 Å². The zero-order chi connectivity index (χ0) is 16.6. The first kappa shape index (κ1) is 15.7. The zero-order valence-corrected chi connectivity index (χ0v) is 13.6. The Labute approximate surface area is 134 Å². The highest BCUT2D eigenvalue weighted by atomic mass is 16.4. The second-order valence-electron chi connectivity index (χ2n) is 6.16. The fourth-order valence-corrected chi connectivity index (χ4v) is 3.00. The first-order chi connectivity index (χ1) is 11.0. The Hall–Kier alpha value is -2.15. The van der Waals surface area contributed by atoms with Crippen LogP contribution in [0.3, 0.4) is 0 Å². The fraction of sp³-hybridized carbons (Fsp3) is 0.562. The molecule has 0 aliphatic heterocycles. The highest BCUT2D eigenvalue weighted by molar-refractivity contribution is 5.92. The zero-order valence-electron chi connectivity index (χ0n) is 13.6. The van der Waals surface area contributed by atoms with Crippen LogP contribution in [0.15, 0.2) is 16.8 Å². The molecule has 23 heavy (non-hydrogen) atoms. The normalized spacial score (nSPS) is 21.7. The number of hydrogen-bond acceptors (Lipinski definition) is 5. The first-order valence-electron chi connectivity index (χ1n) is 7.91. The van der Waals surface area contributed by atoms with Crippen molar-refractivity contribution in [3.8, 4) is 0 Å². The van der Waals surface area contributed by atoms with E-state index in [0.717, 1.165) is 5.56 Å². The summed E-state index contributed by atoms with van der Waals surface area (Å²) in [6.45, 7) is 3.70.